The number of nitrogens with two attached hydrogens (primary N) is 1. The first-order valence-corrected chi connectivity index (χ1v) is 11.4. The highest BCUT2D eigenvalue weighted by Gasteiger charge is 2.30. The maximum absolute atomic E-state index is 13.6. The molecule has 0 atom stereocenters. The fourth-order valence-electron chi connectivity index (χ4n) is 3.50. The Labute approximate surface area is 185 Å². The van der Waals surface area contributed by atoms with Crippen LogP contribution in [0.15, 0.2) is 78.5 Å². The molecule has 0 radical (unpaired) electrons. The Morgan fingerprint density at radius 1 is 0.968 bits per heavy atom. The Bertz CT molecular complexity index is 1580. The van der Waals surface area contributed by atoms with E-state index >= 15 is 0 Å². The Kier molecular flexibility index (Phi) is 5.06. The van der Waals surface area contributed by atoms with Crippen molar-refractivity contribution in [1.82, 2.24) is 14.1 Å². The van der Waals surface area contributed by atoms with E-state index in [2.05, 4.69) is 20.9 Å². The second-order valence-electron chi connectivity index (χ2n) is 6.93. The van der Waals surface area contributed by atoms with Gasteiger partial charge in [0.2, 0.25) is 9.84 Å². The molecule has 0 saturated carbocycles. The van der Waals surface area contributed by atoms with Crippen molar-refractivity contribution < 1.29 is 8.42 Å². The van der Waals surface area contributed by atoms with Gasteiger partial charge in [0.1, 0.15) is 10.7 Å². The van der Waals surface area contributed by atoms with Gasteiger partial charge in [0.25, 0.3) is 5.56 Å². The van der Waals surface area contributed by atoms with Crippen molar-refractivity contribution in [2.45, 2.75) is 9.79 Å². The second-order valence-corrected chi connectivity index (χ2v) is 9.73. The number of fused-ring (bicyclic) bond motifs is 1. The lowest BCUT2D eigenvalue weighted by molar-refractivity contribution is 0.596. The van der Waals surface area contributed by atoms with Crippen molar-refractivity contribution in [2.75, 3.05) is 5.73 Å². The zero-order chi connectivity index (χ0) is 22.5. The van der Waals surface area contributed by atoms with Gasteiger partial charge in [0, 0.05) is 24.1 Å². The molecule has 0 aliphatic rings. The molecule has 0 aliphatic carbocycles. The Balaban J connectivity index is 2.31. The first-order chi connectivity index (χ1) is 14.6. The van der Waals surface area contributed by atoms with Crippen LogP contribution in [0.4, 0.5) is 5.82 Å². The topological polar surface area (TPSA) is 117 Å². The number of anilines is 1. The van der Waals surface area contributed by atoms with Crippen LogP contribution in [0, 0.1) is 0 Å². The third-order valence-corrected chi connectivity index (χ3v) is 7.34. The van der Waals surface area contributed by atoms with Crippen LogP contribution < -0.4 is 17.0 Å². The Hall–Kier alpha value is -3.24. The molecule has 0 saturated heterocycles. The Morgan fingerprint density at radius 2 is 1.65 bits per heavy atom. The third kappa shape index (κ3) is 3.28. The van der Waals surface area contributed by atoms with Gasteiger partial charge < -0.3 is 5.73 Å². The zero-order valence-corrected chi connectivity index (χ0v) is 18.9. The molecular formula is C21H17BrN4O4S. The summed E-state index contributed by atoms with van der Waals surface area (Å²) >= 11 is 3.39. The van der Waals surface area contributed by atoms with Crippen molar-refractivity contribution in [3.63, 3.8) is 0 Å². The molecule has 0 unspecified atom stereocenters. The quantitative estimate of drug-likeness (QED) is 0.461. The minimum Gasteiger partial charge on any atom is -0.383 e. The summed E-state index contributed by atoms with van der Waals surface area (Å²) in [4.78, 5) is 29.5. The van der Waals surface area contributed by atoms with Crippen LogP contribution >= 0.6 is 15.9 Å². The van der Waals surface area contributed by atoms with E-state index < -0.39 is 21.1 Å². The summed E-state index contributed by atoms with van der Waals surface area (Å²) in [6.07, 6.45) is 0. The monoisotopic (exact) mass is 500 g/mol. The number of aromatic nitrogens is 3. The molecule has 31 heavy (non-hydrogen) atoms. The maximum atomic E-state index is 13.6. The normalized spacial score (nSPS) is 11.7. The summed E-state index contributed by atoms with van der Waals surface area (Å²) in [7, 11) is -1.36. The molecular weight excluding hydrogens is 484 g/mol. The van der Waals surface area contributed by atoms with E-state index in [4.69, 9.17) is 5.73 Å². The van der Waals surface area contributed by atoms with E-state index in [-0.39, 0.29) is 32.2 Å². The number of aryl methyl sites for hydroxylation is 1. The summed E-state index contributed by atoms with van der Waals surface area (Å²) in [5, 5.41) is -0.00796. The molecule has 0 spiro atoms. The molecule has 2 N–H and O–H groups in total. The first-order valence-electron chi connectivity index (χ1n) is 9.10. The average Bonchev–Trinajstić information content (AvgIpc) is 2.75. The molecule has 8 nitrogen and oxygen atoms in total. The largest absolute Gasteiger partial charge is 0.383 e. The molecule has 2 heterocycles. The first kappa shape index (κ1) is 21.0. The van der Waals surface area contributed by atoms with Crippen molar-refractivity contribution in [2.24, 2.45) is 14.1 Å². The highest BCUT2D eigenvalue weighted by atomic mass is 79.9. The molecule has 0 amide bonds. The van der Waals surface area contributed by atoms with Crippen molar-refractivity contribution in [1.29, 1.82) is 0 Å². The van der Waals surface area contributed by atoms with Crippen molar-refractivity contribution in [3.05, 3.63) is 79.9 Å². The van der Waals surface area contributed by atoms with Gasteiger partial charge in [-0.3, -0.25) is 13.9 Å². The summed E-state index contributed by atoms with van der Waals surface area (Å²) in [6, 6.07) is 14.6. The SMILES string of the molecule is Cn1c(=O)c2c(-c3cccc(Br)c3)c(S(=O)(=O)c3ccccc3)c(N)nc2n(C)c1=O. The summed E-state index contributed by atoms with van der Waals surface area (Å²) in [5.74, 6) is -0.297. The number of nitrogens with zero attached hydrogens (tertiary/aromatic N) is 3. The van der Waals surface area contributed by atoms with E-state index in [1.54, 1.807) is 42.5 Å². The molecule has 0 fully saturated rings. The number of pyridine rings is 1. The fraction of sp³-hybridized carbons (Fsp3) is 0.0952. The van der Waals surface area contributed by atoms with Gasteiger partial charge in [-0.15, -0.1) is 0 Å². The van der Waals surface area contributed by atoms with Gasteiger partial charge >= 0.3 is 5.69 Å². The lowest BCUT2D eigenvalue weighted by Gasteiger charge is -2.17. The predicted octanol–water partition coefficient (Wildman–Crippen LogP) is 2.48. The molecule has 0 aliphatic heterocycles. The number of sulfone groups is 1. The predicted molar refractivity (Wildman–Crippen MR) is 122 cm³/mol. The van der Waals surface area contributed by atoms with Crippen LogP contribution in [0.3, 0.4) is 0 Å². The molecule has 2 aromatic carbocycles. The molecule has 10 heteroatoms. The second kappa shape index (κ2) is 7.47. The van der Waals surface area contributed by atoms with E-state index in [1.807, 2.05) is 0 Å². The Morgan fingerprint density at radius 3 is 2.29 bits per heavy atom. The van der Waals surface area contributed by atoms with Crippen LogP contribution in [0.1, 0.15) is 0 Å². The van der Waals surface area contributed by atoms with Crippen LogP contribution in [0.5, 0.6) is 0 Å². The van der Waals surface area contributed by atoms with Crippen molar-refractivity contribution >= 4 is 42.6 Å². The van der Waals surface area contributed by atoms with Crippen LogP contribution in [0.2, 0.25) is 0 Å². The van der Waals surface area contributed by atoms with Crippen molar-refractivity contribution in [3.8, 4) is 11.1 Å². The number of hydrogen-bond donors (Lipinski definition) is 1. The van der Waals surface area contributed by atoms with Gasteiger partial charge in [0.15, 0.2) is 5.65 Å². The number of rotatable bonds is 3. The number of nitrogen functional groups attached to an aromatic ring is 1. The van der Waals surface area contributed by atoms with Gasteiger partial charge in [0.05, 0.1) is 10.3 Å². The fourth-order valence-corrected chi connectivity index (χ4v) is 5.46. The van der Waals surface area contributed by atoms with E-state index in [9.17, 15) is 18.0 Å². The van der Waals surface area contributed by atoms with Gasteiger partial charge in [-0.25, -0.2) is 18.2 Å². The molecule has 2 aromatic heterocycles. The number of halogens is 1. The number of benzene rings is 2. The standard InChI is InChI=1S/C21H17BrN4O4S/c1-25-19-16(20(27)26(2)21(25)28)15(12-7-6-8-13(22)11-12)17(18(23)24-19)31(29,30)14-9-4-3-5-10-14/h3-11H,1-2H3,(H2,23,24). The summed E-state index contributed by atoms with van der Waals surface area (Å²) < 4.78 is 30.0. The maximum Gasteiger partial charge on any atom is 0.332 e. The highest BCUT2D eigenvalue weighted by molar-refractivity contribution is 9.10. The average molecular weight is 501 g/mol. The molecule has 4 aromatic rings. The van der Waals surface area contributed by atoms with Crippen LogP contribution in [-0.4, -0.2) is 22.5 Å². The molecule has 0 bridgehead atoms. The van der Waals surface area contributed by atoms with E-state index in [1.165, 1.54) is 30.8 Å². The van der Waals surface area contributed by atoms with E-state index in [0.717, 1.165) is 4.57 Å². The summed E-state index contributed by atoms with van der Waals surface area (Å²) in [5.41, 5.74) is 5.46. The molecule has 158 valence electrons. The minimum atomic E-state index is -4.14. The lowest BCUT2D eigenvalue weighted by Crippen LogP contribution is -2.38. The van der Waals surface area contributed by atoms with E-state index in [0.29, 0.717) is 10.0 Å². The van der Waals surface area contributed by atoms with Gasteiger partial charge in [-0.1, -0.05) is 46.3 Å². The number of hydrogen-bond acceptors (Lipinski definition) is 6. The zero-order valence-electron chi connectivity index (χ0n) is 16.5. The summed E-state index contributed by atoms with van der Waals surface area (Å²) in [6.45, 7) is 0. The third-order valence-electron chi connectivity index (χ3n) is 5.01. The van der Waals surface area contributed by atoms with Crippen LogP contribution in [-0.2, 0) is 23.9 Å². The smallest absolute Gasteiger partial charge is 0.332 e. The van der Waals surface area contributed by atoms with Gasteiger partial charge in [-0.2, -0.15) is 0 Å². The van der Waals surface area contributed by atoms with Gasteiger partial charge in [-0.05, 0) is 29.8 Å². The lowest BCUT2D eigenvalue weighted by atomic mass is 10.0. The molecule has 4 rings (SSSR count). The minimum absolute atomic E-state index is 0.00703. The highest BCUT2D eigenvalue weighted by Crippen LogP contribution is 2.38. The van der Waals surface area contributed by atoms with Crippen LogP contribution in [0.25, 0.3) is 22.2 Å².